The molecule has 0 radical (unpaired) electrons. The van der Waals surface area contributed by atoms with Gasteiger partial charge in [-0.3, -0.25) is 4.79 Å². The van der Waals surface area contributed by atoms with Crippen molar-refractivity contribution in [2.45, 2.75) is 25.9 Å². The third kappa shape index (κ3) is 2.02. The van der Waals surface area contributed by atoms with Crippen molar-refractivity contribution in [2.24, 2.45) is 0 Å². The van der Waals surface area contributed by atoms with Gasteiger partial charge in [0.2, 0.25) is 6.79 Å². The Hall–Kier alpha value is -1.55. The van der Waals surface area contributed by atoms with E-state index < -0.39 is 6.10 Å². The predicted octanol–water partition coefficient (Wildman–Crippen LogP) is 1.76. The van der Waals surface area contributed by atoms with Gasteiger partial charge in [0, 0.05) is 5.56 Å². The molecule has 2 rings (SSSR count). The molecule has 0 aromatic heterocycles. The number of fused-ring (bicyclic) bond motifs is 1. The van der Waals surface area contributed by atoms with E-state index in [4.69, 9.17) is 9.47 Å². The number of ketones is 1. The average molecular weight is 222 g/mol. The molecule has 0 saturated heterocycles. The number of aliphatic hydroxyl groups is 1. The van der Waals surface area contributed by atoms with Crippen molar-refractivity contribution in [3.63, 3.8) is 0 Å². The topological polar surface area (TPSA) is 55.8 Å². The smallest absolute Gasteiger partial charge is 0.231 e. The summed E-state index contributed by atoms with van der Waals surface area (Å²) in [5, 5.41) is 9.60. The molecule has 1 aromatic rings. The fourth-order valence-corrected chi connectivity index (χ4v) is 1.65. The second-order valence-corrected chi connectivity index (χ2v) is 3.74. The summed E-state index contributed by atoms with van der Waals surface area (Å²) in [6.45, 7) is 2.11. The Kier molecular flexibility index (Phi) is 3.10. The van der Waals surface area contributed by atoms with Crippen LogP contribution in [-0.2, 0) is 0 Å². The van der Waals surface area contributed by atoms with Crippen LogP contribution in [0.15, 0.2) is 18.2 Å². The molecule has 4 nitrogen and oxygen atoms in total. The van der Waals surface area contributed by atoms with Gasteiger partial charge in [-0.2, -0.15) is 0 Å². The van der Waals surface area contributed by atoms with Crippen LogP contribution in [0.5, 0.6) is 11.5 Å². The van der Waals surface area contributed by atoms with Crippen LogP contribution in [0.25, 0.3) is 0 Å². The number of hydrogen-bond donors (Lipinski definition) is 1. The summed E-state index contributed by atoms with van der Waals surface area (Å²) < 4.78 is 10.3. The van der Waals surface area contributed by atoms with E-state index in [1.54, 1.807) is 18.2 Å². The molecule has 16 heavy (non-hydrogen) atoms. The summed E-state index contributed by atoms with van der Waals surface area (Å²) in [7, 11) is 0. The first kappa shape index (κ1) is 11.0. The Morgan fingerprint density at radius 3 is 2.94 bits per heavy atom. The standard InChI is InChI=1S/C12H14O4/c1-2-3-9(13)12(14)8-4-5-10-11(6-8)16-7-15-10/h4-6,9,13H,2-3,7H2,1H3. The normalized spacial score (nSPS) is 14.9. The zero-order valence-electron chi connectivity index (χ0n) is 9.10. The monoisotopic (exact) mass is 222 g/mol. The highest BCUT2D eigenvalue weighted by Gasteiger charge is 2.20. The van der Waals surface area contributed by atoms with Crippen LogP contribution in [0.3, 0.4) is 0 Å². The molecule has 1 N–H and O–H groups in total. The van der Waals surface area contributed by atoms with Crippen LogP contribution < -0.4 is 9.47 Å². The minimum atomic E-state index is -0.926. The molecule has 0 bridgehead atoms. The predicted molar refractivity (Wildman–Crippen MR) is 57.8 cm³/mol. The molecule has 1 atom stereocenters. The summed E-state index contributed by atoms with van der Waals surface area (Å²) in [4.78, 5) is 11.8. The van der Waals surface area contributed by atoms with E-state index in [0.717, 1.165) is 6.42 Å². The van der Waals surface area contributed by atoms with Crippen LogP contribution in [0.2, 0.25) is 0 Å². The number of ether oxygens (including phenoxy) is 2. The van der Waals surface area contributed by atoms with E-state index in [-0.39, 0.29) is 12.6 Å². The van der Waals surface area contributed by atoms with E-state index in [2.05, 4.69) is 0 Å². The maximum absolute atomic E-state index is 11.8. The molecule has 0 saturated carbocycles. The first-order valence-corrected chi connectivity index (χ1v) is 5.34. The third-order valence-corrected chi connectivity index (χ3v) is 2.52. The Morgan fingerprint density at radius 2 is 2.19 bits per heavy atom. The molecule has 0 fully saturated rings. The molecule has 0 spiro atoms. The van der Waals surface area contributed by atoms with Gasteiger partial charge < -0.3 is 14.6 Å². The second-order valence-electron chi connectivity index (χ2n) is 3.74. The minimum Gasteiger partial charge on any atom is -0.454 e. The number of aliphatic hydroxyl groups excluding tert-OH is 1. The lowest BCUT2D eigenvalue weighted by Crippen LogP contribution is -2.19. The highest BCUT2D eigenvalue weighted by Crippen LogP contribution is 2.32. The van der Waals surface area contributed by atoms with E-state index in [9.17, 15) is 9.90 Å². The SMILES string of the molecule is CCCC(O)C(=O)c1ccc2c(c1)OCO2. The van der Waals surface area contributed by atoms with E-state index >= 15 is 0 Å². The summed E-state index contributed by atoms with van der Waals surface area (Å²) in [5.41, 5.74) is 0.463. The minimum absolute atomic E-state index is 0.185. The summed E-state index contributed by atoms with van der Waals surface area (Å²) in [6.07, 6.45) is 0.329. The van der Waals surface area contributed by atoms with Crippen molar-refractivity contribution in [3.05, 3.63) is 23.8 Å². The highest BCUT2D eigenvalue weighted by molar-refractivity contribution is 5.99. The van der Waals surface area contributed by atoms with E-state index in [1.165, 1.54) is 0 Å². The number of carbonyl (C=O) groups excluding carboxylic acids is 1. The summed E-state index contributed by atoms with van der Waals surface area (Å²) in [6, 6.07) is 4.95. The van der Waals surface area contributed by atoms with Crippen LogP contribution in [0.4, 0.5) is 0 Å². The third-order valence-electron chi connectivity index (χ3n) is 2.52. The van der Waals surface area contributed by atoms with Gasteiger partial charge in [0.1, 0.15) is 6.10 Å². The summed E-state index contributed by atoms with van der Waals surface area (Å²) >= 11 is 0. The fraction of sp³-hybridized carbons (Fsp3) is 0.417. The molecular weight excluding hydrogens is 208 g/mol. The number of rotatable bonds is 4. The maximum atomic E-state index is 11.8. The van der Waals surface area contributed by atoms with Crippen molar-refractivity contribution < 1.29 is 19.4 Å². The van der Waals surface area contributed by atoms with Gasteiger partial charge in [0.05, 0.1) is 0 Å². The first-order chi connectivity index (χ1) is 7.72. The average Bonchev–Trinajstić information content (AvgIpc) is 2.75. The van der Waals surface area contributed by atoms with Crippen molar-refractivity contribution in [1.29, 1.82) is 0 Å². The van der Waals surface area contributed by atoms with Crippen molar-refractivity contribution in [1.82, 2.24) is 0 Å². The molecule has 86 valence electrons. The Labute approximate surface area is 93.8 Å². The number of carbonyl (C=O) groups is 1. The van der Waals surface area contributed by atoms with Gasteiger partial charge >= 0.3 is 0 Å². The van der Waals surface area contributed by atoms with Gasteiger partial charge in [0.25, 0.3) is 0 Å². The highest BCUT2D eigenvalue weighted by atomic mass is 16.7. The quantitative estimate of drug-likeness (QED) is 0.789. The molecule has 0 amide bonds. The number of hydrogen-bond acceptors (Lipinski definition) is 4. The van der Waals surface area contributed by atoms with Crippen LogP contribution >= 0.6 is 0 Å². The zero-order chi connectivity index (χ0) is 11.5. The second kappa shape index (κ2) is 4.53. The van der Waals surface area contributed by atoms with E-state index in [0.29, 0.717) is 23.5 Å². The van der Waals surface area contributed by atoms with Crippen LogP contribution in [0.1, 0.15) is 30.1 Å². The van der Waals surface area contributed by atoms with E-state index in [1.807, 2.05) is 6.92 Å². The number of Topliss-reactive ketones (excluding diaryl/α,β-unsaturated/α-hetero) is 1. The lowest BCUT2D eigenvalue weighted by atomic mass is 10.0. The Morgan fingerprint density at radius 1 is 1.44 bits per heavy atom. The molecule has 1 unspecified atom stereocenters. The maximum Gasteiger partial charge on any atom is 0.231 e. The largest absolute Gasteiger partial charge is 0.454 e. The molecule has 1 aliphatic heterocycles. The molecular formula is C12H14O4. The van der Waals surface area contributed by atoms with Crippen molar-refractivity contribution in [2.75, 3.05) is 6.79 Å². The van der Waals surface area contributed by atoms with Crippen LogP contribution in [-0.4, -0.2) is 23.8 Å². The first-order valence-electron chi connectivity index (χ1n) is 5.34. The van der Waals surface area contributed by atoms with Gasteiger partial charge in [-0.15, -0.1) is 0 Å². The van der Waals surface area contributed by atoms with Crippen LogP contribution in [0, 0.1) is 0 Å². The van der Waals surface area contributed by atoms with Crippen molar-refractivity contribution >= 4 is 5.78 Å². The summed E-state index contributed by atoms with van der Waals surface area (Å²) in [5.74, 6) is 0.941. The number of benzene rings is 1. The molecule has 1 heterocycles. The molecule has 1 aliphatic rings. The van der Waals surface area contributed by atoms with Gasteiger partial charge in [-0.25, -0.2) is 0 Å². The lowest BCUT2D eigenvalue weighted by Gasteiger charge is -2.08. The Balaban J connectivity index is 2.18. The molecule has 1 aromatic carbocycles. The zero-order valence-corrected chi connectivity index (χ0v) is 9.10. The van der Waals surface area contributed by atoms with Gasteiger partial charge in [-0.05, 0) is 24.6 Å². The lowest BCUT2D eigenvalue weighted by molar-refractivity contribution is 0.0729. The van der Waals surface area contributed by atoms with Crippen molar-refractivity contribution in [3.8, 4) is 11.5 Å². The molecule has 4 heteroatoms. The molecule has 0 aliphatic carbocycles. The van der Waals surface area contributed by atoms with Gasteiger partial charge in [-0.1, -0.05) is 13.3 Å². The van der Waals surface area contributed by atoms with Gasteiger partial charge in [0.15, 0.2) is 17.3 Å². The Bertz CT molecular complexity index is 400. The fourth-order valence-electron chi connectivity index (χ4n) is 1.65.